The molecule has 0 saturated carbocycles. The predicted molar refractivity (Wildman–Crippen MR) is 127 cm³/mol. The van der Waals surface area contributed by atoms with E-state index in [0.717, 1.165) is 12.0 Å². The number of aryl methyl sites for hydroxylation is 1. The SMILES string of the molecule is CCc1ccc(-n2c(=O)c3ccccc3n(Cc3nc(-c4cccc(Cl)c4)no3)c2=O)cc1. The second kappa shape index (κ2) is 8.52. The summed E-state index contributed by atoms with van der Waals surface area (Å²) in [4.78, 5) is 31.1. The fraction of sp³-hybridized carbons (Fsp3) is 0.120. The number of rotatable bonds is 5. The molecule has 0 N–H and O–H groups in total. The van der Waals surface area contributed by atoms with Crippen LogP contribution in [0.4, 0.5) is 0 Å². The molecule has 0 aliphatic rings. The van der Waals surface area contributed by atoms with Crippen molar-refractivity contribution >= 4 is 22.5 Å². The number of nitrogens with zero attached hydrogens (tertiary/aromatic N) is 4. The van der Waals surface area contributed by atoms with Crippen molar-refractivity contribution in [3.8, 4) is 17.1 Å². The molecule has 7 nitrogen and oxygen atoms in total. The first-order chi connectivity index (χ1) is 16.0. The Kier molecular flexibility index (Phi) is 5.40. The van der Waals surface area contributed by atoms with Crippen LogP contribution < -0.4 is 11.2 Å². The fourth-order valence-corrected chi connectivity index (χ4v) is 3.97. The zero-order chi connectivity index (χ0) is 22.9. The third-order valence-electron chi connectivity index (χ3n) is 5.50. The summed E-state index contributed by atoms with van der Waals surface area (Å²) >= 11 is 6.06. The normalized spacial score (nSPS) is 11.2. The van der Waals surface area contributed by atoms with E-state index < -0.39 is 5.69 Å². The predicted octanol–water partition coefficient (Wildman–Crippen LogP) is 4.47. The molecule has 0 atom stereocenters. The highest BCUT2D eigenvalue weighted by molar-refractivity contribution is 6.30. The molecular formula is C25H19ClN4O3. The lowest BCUT2D eigenvalue weighted by Crippen LogP contribution is -2.39. The summed E-state index contributed by atoms with van der Waals surface area (Å²) in [6.45, 7) is 2.06. The molecule has 0 aliphatic carbocycles. The van der Waals surface area contributed by atoms with Gasteiger partial charge in [-0.15, -0.1) is 0 Å². The van der Waals surface area contributed by atoms with Crippen molar-refractivity contribution in [1.82, 2.24) is 19.3 Å². The summed E-state index contributed by atoms with van der Waals surface area (Å²) < 4.78 is 8.07. The molecule has 164 valence electrons. The lowest BCUT2D eigenvalue weighted by Gasteiger charge is -2.13. The fourth-order valence-electron chi connectivity index (χ4n) is 3.78. The average molecular weight is 459 g/mol. The van der Waals surface area contributed by atoms with Gasteiger partial charge in [0.05, 0.1) is 16.6 Å². The van der Waals surface area contributed by atoms with Crippen molar-refractivity contribution < 1.29 is 4.52 Å². The van der Waals surface area contributed by atoms with E-state index in [1.54, 1.807) is 54.6 Å². The molecule has 0 saturated heterocycles. The van der Waals surface area contributed by atoms with Crippen LogP contribution >= 0.6 is 11.6 Å². The summed E-state index contributed by atoms with van der Waals surface area (Å²) in [5.41, 5.74) is 1.97. The maximum Gasteiger partial charge on any atom is 0.336 e. The number of fused-ring (bicyclic) bond motifs is 1. The Balaban J connectivity index is 1.64. The highest BCUT2D eigenvalue weighted by atomic mass is 35.5. The Morgan fingerprint density at radius 1 is 0.970 bits per heavy atom. The molecule has 2 aromatic heterocycles. The van der Waals surface area contributed by atoms with Gasteiger partial charge in [0.15, 0.2) is 0 Å². The molecule has 0 aliphatic heterocycles. The summed E-state index contributed by atoms with van der Waals surface area (Å²) in [6, 6.07) is 21.5. The average Bonchev–Trinajstić information content (AvgIpc) is 3.31. The van der Waals surface area contributed by atoms with Gasteiger partial charge in [0.1, 0.15) is 6.54 Å². The largest absolute Gasteiger partial charge is 0.337 e. The van der Waals surface area contributed by atoms with Gasteiger partial charge in [-0.05, 0) is 48.4 Å². The molecule has 3 aromatic carbocycles. The second-order valence-corrected chi connectivity index (χ2v) is 8.00. The highest BCUT2D eigenvalue weighted by Gasteiger charge is 2.17. The molecule has 0 amide bonds. The first kappa shape index (κ1) is 20.9. The molecule has 5 aromatic rings. The van der Waals surface area contributed by atoms with Crippen molar-refractivity contribution in [3.63, 3.8) is 0 Å². The minimum absolute atomic E-state index is 0.0141. The van der Waals surface area contributed by atoms with Crippen LogP contribution in [0, 0.1) is 0 Å². The standard InChI is InChI=1S/C25H19ClN4O3/c1-2-16-10-12-19(13-11-16)30-24(31)20-8-3-4-9-21(20)29(25(30)32)15-22-27-23(28-33-22)17-6-5-7-18(26)14-17/h3-14H,2,15H2,1H3. The summed E-state index contributed by atoms with van der Waals surface area (Å²) in [6.07, 6.45) is 0.864. The van der Waals surface area contributed by atoms with E-state index in [4.69, 9.17) is 16.1 Å². The molecule has 0 spiro atoms. The van der Waals surface area contributed by atoms with Crippen molar-refractivity contribution in [2.45, 2.75) is 19.9 Å². The van der Waals surface area contributed by atoms with Crippen LogP contribution in [0.15, 0.2) is 86.9 Å². The minimum atomic E-state index is -0.481. The first-order valence-electron chi connectivity index (χ1n) is 10.5. The second-order valence-electron chi connectivity index (χ2n) is 7.57. The Hall–Kier alpha value is -3.97. The maximum absolute atomic E-state index is 13.5. The van der Waals surface area contributed by atoms with Crippen LogP contribution in [0.1, 0.15) is 18.4 Å². The third kappa shape index (κ3) is 3.87. The molecule has 5 rings (SSSR count). The van der Waals surface area contributed by atoms with Crippen molar-refractivity contribution in [2.75, 3.05) is 0 Å². The molecule has 8 heteroatoms. The van der Waals surface area contributed by atoms with Gasteiger partial charge >= 0.3 is 5.69 Å². The number of aromatic nitrogens is 4. The molecule has 0 unspecified atom stereocenters. The quantitative estimate of drug-likeness (QED) is 0.388. The number of hydrogen-bond acceptors (Lipinski definition) is 5. The van der Waals surface area contributed by atoms with Crippen LogP contribution in [-0.2, 0) is 13.0 Å². The van der Waals surface area contributed by atoms with Gasteiger partial charge < -0.3 is 4.52 Å². The summed E-state index contributed by atoms with van der Waals surface area (Å²) in [5.74, 6) is 0.608. The topological polar surface area (TPSA) is 82.9 Å². The van der Waals surface area contributed by atoms with E-state index in [-0.39, 0.29) is 18.0 Å². The maximum atomic E-state index is 13.5. The van der Waals surface area contributed by atoms with Gasteiger partial charge in [-0.25, -0.2) is 9.36 Å². The van der Waals surface area contributed by atoms with Crippen molar-refractivity contribution in [2.24, 2.45) is 0 Å². The lowest BCUT2D eigenvalue weighted by molar-refractivity contribution is 0.370. The van der Waals surface area contributed by atoms with Gasteiger partial charge in [-0.1, -0.05) is 60.1 Å². The number of hydrogen-bond donors (Lipinski definition) is 0. The lowest BCUT2D eigenvalue weighted by atomic mass is 10.1. The molecule has 0 bridgehead atoms. The monoisotopic (exact) mass is 458 g/mol. The van der Waals surface area contributed by atoms with Gasteiger partial charge in [-0.2, -0.15) is 4.98 Å². The summed E-state index contributed by atoms with van der Waals surface area (Å²) in [7, 11) is 0. The Bertz CT molecular complexity index is 1580. The highest BCUT2D eigenvalue weighted by Crippen LogP contribution is 2.20. The van der Waals surface area contributed by atoms with Crippen LogP contribution in [0.2, 0.25) is 5.02 Å². The Morgan fingerprint density at radius 3 is 2.52 bits per heavy atom. The van der Waals surface area contributed by atoms with Crippen LogP contribution in [0.3, 0.4) is 0 Å². The van der Waals surface area contributed by atoms with Crippen LogP contribution in [0.25, 0.3) is 28.0 Å². The molecule has 0 radical (unpaired) electrons. The Morgan fingerprint density at radius 2 is 1.76 bits per heavy atom. The van der Waals surface area contributed by atoms with E-state index in [1.165, 1.54) is 9.13 Å². The minimum Gasteiger partial charge on any atom is -0.337 e. The zero-order valence-corrected chi connectivity index (χ0v) is 18.5. The zero-order valence-electron chi connectivity index (χ0n) is 17.7. The van der Waals surface area contributed by atoms with Gasteiger partial charge in [-0.3, -0.25) is 9.36 Å². The van der Waals surface area contributed by atoms with Crippen molar-refractivity contribution in [3.05, 3.63) is 110 Å². The molecular weight excluding hydrogens is 440 g/mol. The van der Waals surface area contributed by atoms with Crippen LogP contribution in [-0.4, -0.2) is 19.3 Å². The number of para-hydroxylation sites is 1. The van der Waals surface area contributed by atoms with E-state index in [9.17, 15) is 9.59 Å². The van der Waals surface area contributed by atoms with Gasteiger partial charge in [0, 0.05) is 10.6 Å². The first-order valence-corrected chi connectivity index (χ1v) is 10.9. The van der Waals surface area contributed by atoms with Gasteiger partial charge in [0.2, 0.25) is 11.7 Å². The van der Waals surface area contributed by atoms with Crippen molar-refractivity contribution in [1.29, 1.82) is 0 Å². The Labute approximate surface area is 193 Å². The summed E-state index contributed by atoms with van der Waals surface area (Å²) in [5, 5.41) is 5.00. The van der Waals surface area contributed by atoms with E-state index in [2.05, 4.69) is 10.1 Å². The van der Waals surface area contributed by atoms with Gasteiger partial charge in [0.25, 0.3) is 5.56 Å². The molecule has 33 heavy (non-hydrogen) atoms. The number of halogens is 1. The molecule has 2 heterocycles. The number of benzene rings is 3. The van der Waals surface area contributed by atoms with E-state index in [0.29, 0.717) is 33.0 Å². The molecule has 0 fully saturated rings. The van der Waals surface area contributed by atoms with E-state index >= 15 is 0 Å². The third-order valence-corrected chi connectivity index (χ3v) is 5.73. The van der Waals surface area contributed by atoms with Crippen LogP contribution in [0.5, 0.6) is 0 Å². The smallest absolute Gasteiger partial charge is 0.336 e. The van der Waals surface area contributed by atoms with E-state index in [1.807, 2.05) is 25.1 Å².